The Hall–Kier alpha value is -1.55. The minimum absolute atomic E-state index is 0.0136. The summed E-state index contributed by atoms with van der Waals surface area (Å²) in [6.45, 7) is 3.62. The molecule has 0 spiro atoms. The third kappa shape index (κ3) is 1.55. The summed E-state index contributed by atoms with van der Waals surface area (Å²) in [4.78, 5) is 13.6. The number of carbonyl (C=O) groups excluding carboxylic acids is 1. The zero-order chi connectivity index (χ0) is 11.9. The van der Waals surface area contributed by atoms with Crippen LogP contribution in [-0.2, 0) is 11.2 Å². The van der Waals surface area contributed by atoms with E-state index in [2.05, 4.69) is 0 Å². The molecule has 2 rings (SSSR count). The molecule has 1 aliphatic rings. The van der Waals surface area contributed by atoms with Gasteiger partial charge in [0.05, 0.1) is 18.6 Å². The zero-order valence-corrected chi connectivity index (χ0v) is 9.53. The number of aliphatic hydroxyl groups excluding tert-OH is 1. The number of hydrogen-bond acceptors (Lipinski definition) is 3. The Balaban J connectivity index is 2.48. The maximum Gasteiger partial charge on any atom is 0.232 e. The van der Waals surface area contributed by atoms with Crippen molar-refractivity contribution in [2.45, 2.75) is 25.8 Å². The molecular formula is C12H16N2O2. The maximum absolute atomic E-state index is 11.9. The first-order chi connectivity index (χ1) is 7.45. The van der Waals surface area contributed by atoms with E-state index in [1.54, 1.807) is 11.0 Å². The van der Waals surface area contributed by atoms with Crippen LogP contribution in [0.15, 0.2) is 18.2 Å². The number of carbonyl (C=O) groups is 1. The van der Waals surface area contributed by atoms with Crippen molar-refractivity contribution < 1.29 is 9.90 Å². The molecule has 1 heterocycles. The van der Waals surface area contributed by atoms with Crippen LogP contribution >= 0.6 is 0 Å². The number of benzene rings is 1. The summed E-state index contributed by atoms with van der Waals surface area (Å²) in [7, 11) is 0. The van der Waals surface area contributed by atoms with Gasteiger partial charge in [-0.3, -0.25) is 4.79 Å². The quantitative estimate of drug-likeness (QED) is 0.729. The van der Waals surface area contributed by atoms with E-state index in [4.69, 9.17) is 5.73 Å². The van der Waals surface area contributed by atoms with Crippen molar-refractivity contribution in [3.63, 3.8) is 0 Å². The standard InChI is InChI=1S/C12H16N2O2/c1-12(2,7-15)14-10-4-3-9(13)5-8(10)6-11(14)16/h3-5,15H,6-7,13H2,1-2H3. The Morgan fingerprint density at radius 1 is 1.50 bits per heavy atom. The van der Waals surface area contributed by atoms with E-state index >= 15 is 0 Å². The Labute approximate surface area is 94.7 Å². The fourth-order valence-corrected chi connectivity index (χ4v) is 2.08. The minimum Gasteiger partial charge on any atom is -0.399 e. The lowest BCUT2D eigenvalue weighted by Gasteiger charge is -2.34. The molecule has 86 valence electrons. The molecule has 0 bridgehead atoms. The molecule has 0 saturated carbocycles. The summed E-state index contributed by atoms with van der Waals surface area (Å²) in [6, 6.07) is 5.44. The summed E-state index contributed by atoms with van der Waals surface area (Å²) in [5.74, 6) is 0.0136. The van der Waals surface area contributed by atoms with Gasteiger partial charge >= 0.3 is 0 Å². The van der Waals surface area contributed by atoms with Crippen molar-refractivity contribution >= 4 is 17.3 Å². The zero-order valence-electron chi connectivity index (χ0n) is 9.53. The van der Waals surface area contributed by atoms with Gasteiger partial charge in [0.25, 0.3) is 0 Å². The number of fused-ring (bicyclic) bond motifs is 1. The Morgan fingerprint density at radius 2 is 2.19 bits per heavy atom. The van der Waals surface area contributed by atoms with E-state index in [1.807, 2.05) is 26.0 Å². The lowest BCUT2D eigenvalue weighted by atomic mass is 10.0. The second kappa shape index (κ2) is 3.49. The minimum atomic E-state index is -0.571. The van der Waals surface area contributed by atoms with Crippen molar-refractivity contribution in [2.75, 3.05) is 17.2 Å². The number of aliphatic hydroxyl groups is 1. The van der Waals surface area contributed by atoms with Gasteiger partial charge in [0.15, 0.2) is 0 Å². The normalized spacial score (nSPS) is 15.4. The first-order valence-corrected chi connectivity index (χ1v) is 5.28. The molecule has 0 unspecified atom stereocenters. The first kappa shape index (κ1) is 11.0. The summed E-state index contributed by atoms with van der Waals surface area (Å²) < 4.78 is 0. The number of anilines is 2. The van der Waals surface area contributed by atoms with Crippen molar-refractivity contribution in [1.82, 2.24) is 0 Å². The van der Waals surface area contributed by atoms with Gasteiger partial charge in [-0.15, -0.1) is 0 Å². The summed E-state index contributed by atoms with van der Waals surface area (Å²) in [6.07, 6.45) is 0.365. The third-order valence-electron chi connectivity index (χ3n) is 2.93. The van der Waals surface area contributed by atoms with Gasteiger partial charge in [-0.25, -0.2) is 0 Å². The van der Waals surface area contributed by atoms with Crippen LogP contribution in [0.4, 0.5) is 11.4 Å². The Bertz CT molecular complexity index is 441. The molecular weight excluding hydrogens is 204 g/mol. The maximum atomic E-state index is 11.9. The summed E-state index contributed by atoms with van der Waals surface area (Å²) in [5, 5.41) is 9.33. The lowest BCUT2D eigenvalue weighted by molar-refractivity contribution is -0.118. The van der Waals surface area contributed by atoms with Crippen molar-refractivity contribution in [3.05, 3.63) is 23.8 Å². The van der Waals surface area contributed by atoms with Gasteiger partial charge in [-0.05, 0) is 37.6 Å². The largest absolute Gasteiger partial charge is 0.399 e. The SMILES string of the molecule is CC(C)(CO)N1C(=O)Cc2cc(N)ccc21. The van der Waals surface area contributed by atoms with Crippen LogP contribution in [0, 0.1) is 0 Å². The number of nitrogen functional groups attached to an aromatic ring is 1. The average Bonchev–Trinajstić information content (AvgIpc) is 2.53. The molecule has 3 N–H and O–H groups in total. The van der Waals surface area contributed by atoms with Crippen molar-refractivity contribution in [1.29, 1.82) is 0 Å². The monoisotopic (exact) mass is 220 g/mol. The van der Waals surface area contributed by atoms with Crippen molar-refractivity contribution in [2.24, 2.45) is 0 Å². The third-order valence-corrected chi connectivity index (χ3v) is 2.93. The molecule has 0 aromatic heterocycles. The summed E-state index contributed by atoms with van der Waals surface area (Å²) >= 11 is 0. The summed E-state index contributed by atoms with van der Waals surface area (Å²) in [5.41, 5.74) is 7.57. The lowest BCUT2D eigenvalue weighted by Crippen LogP contribution is -2.48. The van der Waals surface area contributed by atoms with Crippen LogP contribution < -0.4 is 10.6 Å². The van der Waals surface area contributed by atoms with Crippen LogP contribution in [-0.4, -0.2) is 23.2 Å². The molecule has 0 saturated heterocycles. The molecule has 4 nitrogen and oxygen atoms in total. The van der Waals surface area contributed by atoms with E-state index in [9.17, 15) is 9.90 Å². The van der Waals surface area contributed by atoms with Crippen molar-refractivity contribution in [3.8, 4) is 0 Å². The van der Waals surface area contributed by atoms with Crippen LogP contribution in [0.5, 0.6) is 0 Å². The van der Waals surface area contributed by atoms with Gasteiger partial charge in [-0.2, -0.15) is 0 Å². The highest BCUT2D eigenvalue weighted by atomic mass is 16.3. The van der Waals surface area contributed by atoms with E-state index < -0.39 is 5.54 Å². The van der Waals surface area contributed by atoms with Crippen LogP contribution in [0.25, 0.3) is 0 Å². The molecule has 0 fully saturated rings. The number of amides is 1. The van der Waals surface area contributed by atoms with E-state index in [0.29, 0.717) is 12.1 Å². The van der Waals surface area contributed by atoms with Gasteiger partial charge in [0.2, 0.25) is 5.91 Å². The second-order valence-corrected chi connectivity index (χ2v) is 4.76. The molecule has 4 heteroatoms. The number of rotatable bonds is 2. The number of nitrogens with zero attached hydrogens (tertiary/aromatic N) is 1. The predicted octanol–water partition coefficient (Wildman–Crippen LogP) is 0.929. The first-order valence-electron chi connectivity index (χ1n) is 5.28. The Kier molecular flexibility index (Phi) is 2.39. The molecule has 1 aliphatic heterocycles. The van der Waals surface area contributed by atoms with E-state index in [-0.39, 0.29) is 12.5 Å². The van der Waals surface area contributed by atoms with E-state index in [0.717, 1.165) is 11.3 Å². The number of hydrogen-bond donors (Lipinski definition) is 2. The predicted molar refractivity (Wildman–Crippen MR) is 63.2 cm³/mol. The molecule has 0 atom stereocenters. The topological polar surface area (TPSA) is 66.6 Å². The van der Waals surface area contributed by atoms with Crippen LogP contribution in [0.3, 0.4) is 0 Å². The Morgan fingerprint density at radius 3 is 2.81 bits per heavy atom. The van der Waals surface area contributed by atoms with Crippen LogP contribution in [0.2, 0.25) is 0 Å². The molecule has 0 radical (unpaired) electrons. The van der Waals surface area contributed by atoms with Crippen LogP contribution in [0.1, 0.15) is 19.4 Å². The fraction of sp³-hybridized carbons (Fsp3) is 0.417. The molecule has 16 heavy (non-hydrogen) atoms. The molecule has 1 amide bonds. The molecule has 1 aromatic carbocycles. The fourth-order valence-electron chi connectivity index (χ4n) is 2.08. The highest BCUT2D eigenvalue weighted by Gasteiger charge is 2.37. The second-order valence-electron chi connectivity index (χ2n) is 4.76. The van der Waals surface area contributed by atoms with Gasteiger partial charge in [0.1, 0.15) is 0 Å². The van der Waals surface area contributed by atoms with Gasteiger partial charge in [0, 0.05) is 11.4 Å². The average molecular weight is 220 g/mol. The van der Waals surface area contributed by atoms with Gasteiger partial charge < -0.3 is 15.7 Å². The number of nitrogens with two attached hydrogens (primary N) is 1. The highest BCUT2D eigenvalue weighted by molar-refractivity contribution is 6.02. The molecule has 0 aliphatic carbocycles. The van der Waals surface area contributed by atoms with E-state index in [1.165, 1.54) is 0 Å². The smallest absolute Gasteiger partial charge is 0.232 e. The van der Waals surface area contributed by atoms with Gasteiger partial charge in [-0.1, -0.05) is 0 Å². The molecule has 1 aromatic rings. The highest BCUT2D eigenvalue weighted by Crippen LogP contribution is 2.35.